The first kappa shape index (κ1) is 9.78. The Kier molecular flexibility index (Phi) is 3.79. The molecule has 1 rings (SSSR count). The Morgan fingerprint density at radius 1 is 1.67 bits per heavy atom. The van der Waals surface area contributed by atoms with Gasteiger partial charge in [-0.05, 0) is 25.8 Å². The molecule has 12 heavy (non-hydrogen) atoms. The number of aromatic nitrogens is 2. The number of halogens is 1. The van der Waals surface area contributed by atoms with Crippen molar-refractivity contribution < 1.29 is 0 Å². The highest BCUT2D eigenvalue weighted by molar-refractivity contribution is 9.09. The van der Waals surface area contributed by atoms with Gasteiger partial charge in [0.2, 0.25) is 0 Å². The van der Waals surface area contributed by atoms with E-state index in [4.69, 9.17) is 0 Å². The van der Waals surface area contributed by atoms with Gasteiger partial charge in [-0.25, -0.2) is 0 Å². The molecule has 0 spiro atoms. The molecule has 0 bridgehead atoms. The molecule has 3 heteroatoms. The van der Waals surface area contributed by atoms with Gasteiger partial charge in [0.05, 0.1) is 0 Å². The van der Waals surface area contributed by atoms with Crippen molar-refractivity contribution in [1.29, 1.82) is 0 Å². The van der Waals surface area contributed by atoms with E-state index in [2.05, 4.69) is 45.6 Å². The molecule has 0 aliphatic rings. The van der Waals surface area contributed by atoms with Crippen molar-refractivity contribution in [3.05, 3.63) is 18.0 Å². The molecule has 1 unspecified atom stereocenters. The van der Waals surface area contributed by atoms with E-state index < -0.39 is 0 Å². The molecule has 0 aliphatic carbocycles. The molecule has 0 saturated heterocycles. The second kappa shape index (κ2) is 4.65. The monoisotopic (exact) mass is 230 g/mol. The SMILES string of the molecule is CCn1nccc1CCC(C)Br. The molecule has 1 aromatic rings. The van der Waals surface area contributed by atoms with Crippen LogP contribution in [0, 0.1) is 0 Å². The number of nitrogens with zero attached hydrogens (tertiary/aromatic N) is 2. The first-order valence-electron chi connectivity index (χ1n) is 4.38. The Bertz CT molecular complexity index is 230. The number of rotatable bonds is 4. The van der Waals surface area contributed by atoms with Gasteiger partial charge in [0.15, 0.2) is 0 Å². The summed E-state index contributed by atoms with van der Waals surface area (Å²) in [6.07, 6.45) is 4.16. The lowest BCUT2D eigenvalue weighted by Crippen LogP contribution is -2.04. The summed E-state index contributed by atoms with van der Waals surface area (Å²) in [7, 11) is 0. The van der Waals surface area contributed by atoms with Crippen LogP contribution in [-0.4, -0.2) is 14.6 Å². The van der Waals surface area contributed by atoms with Gasteiger partial charge in [0.25, 0.3) is 0 Å². The molecule has 0 saturated carbocycles. The Morgan fingerprint density at radius 3 is 3.00 bits per heavy atom. The minimum atomic E-state index is 0.595. The van der Waals surface area contributed by atoms with Crippen LogP contribution in [0.25, 0.3) is 0 Å². The zero-order valence-corrected chi connectivity index (χ0v) is 9.21. The average molecular weight is 231 g/mol. The molecule has 1 atom stereocenters. The molecule has 0 fully saturated rings. The number of hydrogen-bond donors (Lipinski definition) is 0. The molecular weight excluding hydrogens is 216 g/mol. The number of alkyl halides is 1. The van der Waals surface area contributed by atoms with Crippen molar-refractivity contribution in [3.63, 3.8) is 0 Å². The highest BCUT2D eigenvalue weighted by Gasteiger charge is 2.02. The predicted molar refractivity (Wildman–Crippen MR) is 54.6 cm³/mol. The van der Waals surface area contributed by atoms with Crippen LogP contribution in [0.3, 0.4) is 0 Å². The van der Waals surface area contributed by atoms with Gasteiger partial charge in [-0.3, -0.25) is 4.68 Å². The molecule has 0 amide bonds. The smallest absolute Gasteiger partial charge is 0.0492 e. The quantitative estimate of drug-likeness (QED) is 0.728. The molecular formula is C9H15BrN2. The van der Waals surface area contributed by atoms with E-state index in [0.717, 1.165) is 13.0 Å². The third-order valence-corrected chi connectivity index (χ3v) is 2.36. The first-order valence-corrected chi connectivity index (χ1v) is 5.30. The lowest BCUT2D eigenvalue weighted by atomic mass is 10.2. The zero-order chi connectivity index (χ0) is 8.97. The molecule has 1 aromatic heterocycles. The second-order valence-corrected chi connectivity index (χ2v) is 4.52. The summed E-state index contributed by atoms with van der Waals surface area (Å²) in [5.74, 6) is 0. The Morgan fingerprint density at radius 2 is 2.42 bits per heavy atom. The van der Waals surface area contributed by atoms with E-state index in [-0.39, 0.29) is 0 Å². The fourth-order valence-corrected chi connectivity index (χ4v) is 1.43. The Balaban J connectivity index is 2.50. The maximum Gasteiger partial charge on any atom is 0.0492 e. The van der Waals surface area contributed by atoms with Crippen LogP contribution in [0.1, 0.15) is 26.0 Å². The summed E-state index contributed by atoms with van der Waals surface area (Å²) in [4.78, 5) is 0.595. The van der Waals surface area contributed by atoms with Crippen molar-refractivity contribution >= 4 is 15.9 Å². The summed E-state index contributed by atoms with van der Waals surface area (Å²) in [5, 5.41) is 4.21. The fourth-order valence-electron chi connectivity index (χ4n) is 1.20. The van der Waals surface area contributed by atoms with E-state index in [1.54, 1.807) is 0 Å². The topological polar surface area (TPSA) is 17.8 Å². The van der Waals surface area contributed by atoms with E-state index in [9.17, 15) is 0 Å². The maximum atomic E-state index is 4.21. The third kappa shape index (κ3) is 2.63. The fraction of sp³-hybridized carbons (Fsp3) is 0.667. The minimum absolute atomic E-state index is 0.595. The average Bonchev–Trinajstić information content (AvgIpc) is 2.47. The third-order valence-electron chi connectivity index (χ3n) is 1.90. The zero-order valence-electron chi connectivity index (χ0n) is 7.63. The van der Waals surface area contributed by atoms with Gasteiger partial charge in [0.1, 0.15) is 0 Å². The normalized spacial score (nSPS) is 13.2. The predicted octanol–water partition coefficient (Wildman–Crippen LogP) is 2.62. The van der Waals surface area contributed by atoms with Crippen molar-refractivity contribution in [1.82, 2.24) is 9.78 Å². The van der Waals surface area contributed by atoms with Gasteiger partial charge in [-0.2, -0.15) is 5.10 Å². The van der Waals surface area contributed by atoms with Crippen LogP contribution >= 0.6 is 15.9 Å². The van der Waals surface area contributed by atoms with Crippen LogP contribution in [0.5, 0.6) is 0 Å². The van der Waals surface area contributed by atoms with Crippen molar-refractivity contribution in [2.75, 3.05) is 0 Å². The number of hydrogen-bond acceptors (Lipinski definition) is 1. The molecule has 0 aliphatic heterocycles. The molecule has 0 aromatic carbocycles. The molecule has 0 N–H and O–H groups in total. The van der Waals surface area contributed by atoms with Crippen LogP contribution < -0.4 is 0 Å². The van der Waals surface area contributed by atoms with Gasteiger partial charge in [-0.1, -0.05) is 22.9 Å². The van der Waals surface area contributed by atoms with Crippen molar-refractivity contribution in [2.24, 2.45) is 0 Å². The minimum Gasteiger partial charge on any atom is -0.270 e. The molecule has 1 heterocycles. The van der Waals surface area contributed by atoms with E-state index in [0.29, 0.717) is 4.83 Å². The van der Waals surface area contributed by atoms with E-state index in [1.165, 1.54) is 12.1 Å². The van der Waals surface area contributed by atoms with Gasteiger partial charge >= 0.3 is 0 Å². The van der Waals surface area contributed by atoms with Crippen LogP contribution in [0.4, 0.5) is 0 Å². The lowest BCUT2D eigenvalue weighted by Gasteiger charge is -2.05. The van der Waals surface area contributed by atoms with Gasteiger partial charge < -0.3 is 0 Å². The first-order chi connectivity index (χ1) is 5.74. The Labute approximate surface area is 82.1 Å². The van der Waals surface area contributed by atoms with Crippen molar-refractivity contribution in [3.8, 4) is 0 Å². The summed E-state index contributed by atoms with van der Waals surface area (Å²) in [6, 6.07) is 2.10. The summed E-state index contributed by atoms with van der Waals surface area (Å²) >= 11 is 3.54. The summed E-state index contributed by atoms with van der Waals surface area (Å²) in [5.41, 5.74) is 1.34. The van der Waals surface area contributed by atoms with E-state index in [1.807, 2.05) is 6.20 Å². The largest absolute Gasteiger partial charge is 0.270 e. The van der Waals surface area contributed by atoms with Gasteiger partial charge in [0, 0.05) is 23.3 Å². The van der Waals surface area contributed by atoms with Crippen molar-refractivity contribution in [2.45, 2.75) is 38.1 Å². The van der Waals surface area contributed by atoms with Crippen LogP contribution in [0.15, 0.2) is 12.3 Å². The number of aryl methyl sites for hydroxylation is 2. The van der Waals surface area contributed by atoms with E-state index >= 15 is 0 Å². The summed E-state index contributed by atoms with van der Waals surface area (Å²) in [6.45, 7) is 5.26. The highest BCUT2D eigenvalue weighted by atomic mass is 79.9. The maximum absolute atomic E-state index is 4.21. The molecule has 68 valence electrons. The second-order valence-electron chi connectivity index (χ2n) is 2.96. The molecule has 0 radical (unpaired) electrons. The van der Waals surface area contributed by atoms with Gasteiger partial charge in [-0.15, -0.1) is 0 Å². The van der Waals surface area contributed by atoms with Crippen LogP contribution in [-0.2, 0) is 13.0 Å². The molecule has 2 nitrogen and oxygen atoms in total. The van der Waals surface area contributed by atoms with Crippen LogP contribution in [0.2, 0.25) is 0 Å². The Hall–Kier alpha value is -0.310. The highest BCUT2D eigenvalue weighted by Crippen LogP contribution is 2.09. The lowest BCUT2D eigenvalue weighted by molar-refractivity contribution is 0.610. The summed E-state index contributed by atoms with van der Waals surface area (Å²) < 4.78 is 2.05. The standard InChI is InChI=1S/C9H15BrN2/c1-3-12-9(6-7-11-12)5-4-8(2)10/h6-8H,3-5H2,1-2H3.